The van der Waals surface area contributed by atoms with Crippen molar-refractivity contribution in [2.75, 3.05) is 6.54 Å². The van der Waals surface area contributed by atoms with Crippen LogP contribution in [0, 0.1) is 17.0 Å². The number of thiocarbonyl (C=S) groups is 1. The van der Waals surface area contributed by atoms with Gasteiger partial charge in [-0.05, 0) is 19.1 Å². The maximum Gasteiger partial charge on any atom is 0.273 e. The standard InChI is InChI=1S/C17H12N2O6S2/c1-9-2-3-10(6-12(9)19(23)24)13-5-4-11(25-13)7-14-16(22)18(8-15(20)21)17(26)27-14/h2-7H,8H2,1H3,(H,20,21)/p-1/b14-7-. The fraction of sp³-hybridized carbons (Fsp3) is 0.118. The Kier molecular flexibility index (Phi) is 5.10. The SMILES string of the molecule is Cc1ccc(-c2ccc(/C=C3\SC(=S)N(CC(=O)[O-])C3=O)o2)cc1[N+](=O)[O-]. The van der Waals surface area contributed by atoms with Crippen molar-refractivity contribution < 1.29 is 24.0 Å². The Morgan fingerprint density at radius 1 is 1.37 bits per heavy atom. The van der Waals surface area contributed by atoms with Crippen LogP contribution in [0.2, 0.25) is 0 Å². The van der Waals surface area contributed by atoms with Crippen LogP contribution in [0.4, 0.5) is 5.69 Å². The molecule has 2 heterocycles. The van der Waals surface area contributed by atoms with Crippen molar-refractivity contribution in [3.63, 3.8) is 0 Å². The van der Waals surface area contributed by atoms with Crippen molar-refractivity contribution in [3.8, 4) is 11.3 Å². The molecule has 0 radical (unpaired) electrons. The van der Waals surface area contributed by atoms with Gasteiger partial charge in [0.25, 0.3) is 11.6 Å². The lowest BCUT2D eigenvalue weighted by molar-refractivity contribution is -0.385. The molecule has 8 nitrogen and oxygen atoms in total. The van der Waals surface area contributed by atoms with Crippen LogP contribution in [0.1, 0.15) is 11.3 Å². The van der Waals surface area contributed by atoms with Crippen molar-refractivity contribution >= 4 is 51.9 Å². The second kappa shape index (κ2) is 7.33. The molecule has 1 saturated heterocycles. The normalized spacial score (nSPS) is 15.6. The lowest BCUT2D eigenvalue weighted by atomic mass is 10.1. The molecule has 1 aliphatic rings. The van der Waals surface area contributed by atoms with Crippen LogP contribution in [0.15, 0.2) is 39.7 Å². The van der Waals surface area contributed by atoms with E-state index in [-0.39, 0.29) is 14.9 Å². The first-order valence-electron chi connectivity index (χ1n) is 7.56. The third-order valence-electron chi connectivity index (χ3n) is 3.75. The highest BCUT2D eigenvalue weighted by atomic mass is 32.2. The number of carbonyl (C=O) groups excluding carboxylic acids is 2. The molecule has 1 aromatic heterocycles. The number of hydrogen-bond acceptors (Lipinski definition) is 8. The average molecular weight is 403 g/mol. The second-order valence-corrected chi connectivity index (χ2v) is 7.28. The van der Waals surface area contributed by atoms with Crippen LogP contribution in [-0.4, -0.2) is 32.6 Å². The van der Waals surface area contributed by atoms with Gasteiger partial charge >= 0.3 is 0 Å². The Bertz CT molecular complexity index is 1010. The van der Waals surface area contributed by atoms with Gasteiger partial charge < -0.3 is 14.3 Å². The van der Waals surface area contributed by atoms with E-state index in [1.807, 2.05) is 0 Å². The van der Waals surface area contributed by atoms with Gasteiger partial charge in [0.2, 0.25) is 0 Å². The van der Waals surface area contributed by atoms with Gasteiger partial charge in [-0.1, -0.05) is 36.1 Å². The van der Waals surface area contributed by atoms with Gasteiger partial charge in [0.1, 0.15) is 15.8 Å². The first-order chi connectivity index (χ1) is 12.8. The molecule has 0 spiro atoms. The fourth-order valence-corrected chi connectivity index (χ4v) is 3.67. The topological polar surface area (TPSA) is 117 Å². The Morgan fingerprint density at radius 2 is 2.11 bits per heavy atom. The van der Waals surface area contributed by atoms with Gasteiger partial charge in [-0.25, -0.2) is 0 Å². The van der Waals surface area contributed by atoms with E-state index in [9.17, 15) is 24.8 Å². The summed E-state index contributed by atoms with van der Waals surface area (Å²) in [6, 6.07) is 7.97. The number of furan rings is 1. The summed E-state index contributed by atoms with van der Waals surface area (Å²) in [6.07, 6.45) is 1.45. The lowest BCUT2D eigenvalue weighted by Gasteiger charge is -2.14. The highest BCUT2D eigenvalue weighted by molar-refractivity contribution is 8.26. The van der Waals surface area contributed by atoms with Crippen LogP contribution >= 0.6 is 24.0 Å². The van der Waals surface area contributed by atoms with Crippen LogP contribution in [0.5, 0.6) is 0 Å². The molecule has 1 aromatic carbocycles. The van der Waals surface area contributed by atoms with E-state index >= 15 is 0 Å². The van der Waals surface area contributed by atoms with Crippen LogP contribution in [0.25, 0.3) is 17.4 Å². The number of nitro benzene ring substituents is 1. The van der Waals surface area contributed by atoms with E-state index < -0.39 is 23.3 Å². The number of thioether (sulfide) groups is 1. The molecule has 2 aromatic rings. The van der Waals surface area contributed by atoms with Crippen molar-refractivity contribution in [2.24, 2.45) is 0 Å². The monoisotopic (exact) mass is 403 g/mol. The smallest absolute Gasteiger partial charge is 0.273 e. The molecule has 27 heavy (non-hydrogen) atoms. The van der Waals surface area contributed by atoms with Crippen LogP contribution in [-0.2, 0) is 9.59 Å². The van der Waals surface area contributed by atoms with Gasteiger partial charge in [0.05, 0.1) is 22.3 Å². The molecular weight excluding hydrogens is 392 g/mol. The molecule has 138 valence electrons. The third kappa shape index (κ3) is 3.91. The predicted molar refractivity (Wildman–Crippen MR) is 100 cm³/mol. The summed E-state index contributed by atoms with van der Waals surface area (Å²) in [6.45, 7) is 1.03. The minimum Gasteiger partial charge on any atom is -0.548 e. The zero-order chi connectivity index (χ0) is 19.7. The predicted octanol–water partition coefficient (Wildman–Crippen LogP) is 2.11. The highest BCUT2D eigenvalue weighted by Crippen LogP contribution is 2.34. The van der Waals surface area contributed by atoms with Crippen molar-refractivity contribution in [1.29, 1.82) is 0 Å². The van der Waals surface area contributed by atoms with E-state index in [2.05, 4.69) is 0 Å². The summed E-state index contributed by atoms with van der Waals surface area (Å²) in [5.41, 5.74) is 1.04. The summed E-state index contributed by atoms with van der Waals surface area (Å²) in [7, 11) is 0. The van der Waals surface area contributed by atoms with E-state index in [1.54, 1.807) is 31.2 Å². The van der Waals surface area contributed by atoms with Crippen LogP contribution in [0.3, 0.4) is 0 Å². The van der Waals surface area contributed by atoms with E-state index in [0.717, 1.165) is 16.7 Å². The van der Waals surface area contributed by atoms with E-state index in [4.69, 9.17) is 16.6 Å². The highest BCUT2D eigenvalue weighted by Gasteiger charge is 2.32. The van der Waals surface area contributed by atoms with Gasteiger partial charge in [0, 0.05) is 23.3 Å². The van der Waals surface area contributed by atoms with E-state index in [0.29, 0.717) is 22.6 Å². The maximum absolute atomic E-state index is 12.2. The minimum absolute atomic E-state index is 0.0198. The Morgan fingerprint density at radius 3 is 2.78 bits per heavy atom. The molecule has 0 unspecified atom stereocenters. The van der Waals surface area contributed by atoms with Gasteiger partial charge in [0.15, 0.2) is 0 Å². The fourth-order valence-electron chi connectivity index (χ4n) is 2.44. The molecule has 10 heteroatoms. The number of rotatable bonds is 5. The van der Waals surface area contributed by atoms with Crippen LogP contribution < -0.4 is 5.11 Å². The number of benzene rings is 1. The summed E-state index contributed by atoms with van der Waals surface area (Å²) in [5.74, 6) is -1.22. The lowest BCUT2D eigenvalue weighted by Crippen LogP contribution is -2.40. The Balaban J connectivity index is 1.87. The molecule has 0 bridgehead atoms. The number of aliphatic carboxylic acids is 1. The number of amides is 1. The van der Waals surface area contributed by atoms with Gasteiger partial charge in [-0.15, -0.1) is 0 Å². The van der Waals surface area contributed by atoms with Gasteiger partial charge in [-0.3, -0.25) is 19.8 Å². The molecule has 0 aliphatic carbocycles. The number of carboxylic acid groups (broad SMARTS) is 1. The zero-order valence-electron chi connectivity index (χ0n) is 13.8. The zero-order valence-corrected chi connectivity index (χ0v) is 15.5. The number of nitro groups is 1. The molecule has 0 N–H and O–H groups in total. The third-order valence-corrected chi connectivity index (χ3v) is 5.13. The number of carboxylic acids is 1. The number of aryl methyl sites for hydroxylation is 1. The largest absolute Gasteiger partial charge is 0.548 e. The quantitative estimate of drug-likeness (QED) is 0.322. The first-order valence-corrected chi connectivity index (χ1v) is 8.79. The number of hydrogen-bond donors (Lipinski definition) is 0. The molecule has 1 aliphatic heterocycles. The summed E-state index contributed by atoms with van der Waals surface area (Å²) < 4.78 is 5.77. The van der Waals surface area contributed by atoms with Gasteiger partial charge in [-0.2, -0.15) is 0 Å². The molecule has 3 rings (SSSR count). The minimum atomic E-state index is -1.41. The molecular formula is C17H11N2O6S2-. The summed E-state index contributed by atoms with van der Waals surface area (Å²) >= 11 is 5.96. The Labute approximate surface area is 162 Å². The average Bonchev–Trinajstić information content (AvgIpc) is 3.15. The van der Waals surface area contributed by atoms with Crippen molar-refractivity contribution in [2.45, 2.75) is 6.92 Å². The number of nitrogens with zero attached hydrogens (tertiary/aromatic N) is 2. The molecule has 0 saturated carbocycles. The van der Waals surface area contributed by atoms with E-state index in [1.165, 1.54) is 12.1 Å². The first kappa shape index (κ1) is 18.8. The second-order valence-electron chi connectivity index (χ2n) is 5.60. The molecule has 0 atom stereocenters. The van der Waals surface area contributed by atoms with Crippen molar-refractivity contribution in [3.05, 3.63) is 56.7 Å². The number of carbonyl (C=O) groups is 2. The summed E-state index contributed by atoms with van der Waals surface area (Å²) in [4.78, 5) is 34.7. The molecule has 1 amide bonds. The molecule has 1 fully saturated rings. The Hall–Kier alpha value is -2.98. The van der Waals surface area contributed by atoms with Crippen molar-refractivity contribution in [1.82, 2.24) is 4.90 Å². The summed E-state index contributed by atoms with van der Waals surface area (Å²) in [5, 5.41) is 21.8. The maximum atomic E-state index is 12.2.